The molecule has 0 unspecified atom stereocenters. The first-order valence-corrected chi connectivity index (χ1v) is 8.88. The summed E-state index contributed by atoms with van der Waals surface area (Å²) in [6.45, 7) is 0.381. The number of ketones is 1. The summed E-state index contributed by atoms with van der Waals surface area (Å²) in [7, 11) is 0. The highest BCUT2D eigenvalue weighted by Crippen LogP contribution is 2.22. The van der Waals surface area contributed by atoms with E-state index in [4.69, 9.17) is 0 Å². The number of nitro groups is 1. The van der Waals surface area contributed by atoms with Gasteiger partial charge in [0, 0.05) is 11.6 Å². The van der Waals surface area contributed by atoms with Crippen molar-refractivity contribution in [3.8, 4) is 0 Å². The van der Waals surface area contributed by atoms with Gasteiger partial charge >= 0.3 is 0 Å². The molecule has 144 valence electrons. The van der Waals surface area contributed by atoms with Gasteiger partial charge in [-0.3, -0.25) is 34.7 Å². The highest BCUT2D eigenvalue weighted by molar-refractivity contribution is 6.06. The molecule has 0 spiro atoms. The molecule has 0 aliphatic carbocycles. The Bertz CT molecular complexity index is 913. The summed E-state index contributed by atoms with van der Waals surface area (Å²) >= 11 is 0. The molecule has 0 bridgehead atoms. The molecular formula is C20H19N3O5. The number of amides is 2. The number of imide groups is 1. The Morgan fingerprint density at radius 2 is 1.75 bits per heavy atom. The lowest BCUT2D eigenvalue weighted by molar-refractivity contribution is -0.385. The molecule has 8 heteroatoms. The van der Waals surface area contributed by atoms with E-state index in [1.165, 1.54) is 18.2 Å². The second kappa shape index (κ2) is 8.53. The molecule has 1 atom stereocenters. The fourth-order valence-electron chi connectivity index (χ4n) is 3.31. The van der Waals surface area contributed by atoms with Gasteiger partial charge in [0.25, 0.3) is 11.6 Å². The van der Waals surface area contributed by atoms with Crippen molar-refractivity contribution in [3.05, 3.63) is 75.8 Å². The van der Waals surface area contributed by atoms with Crippen molar-refractivity contribution in [2.75, 3.05) is 13.1 Å². The summed E-state index contributed by atoms with van der Waals surface area (Å²) in [6, 6.07) is 13.5. The molecule has 2 amide bonds. The normalized spacial score (nSPS) is 16.5. The third-order valence-corrected chi connectivity index (χ3v) is 4.69. The largest absolute Gasteiger partial charge is 0.292 e. The first-order chi connectivity index (χ1) is 13.5. The number of carbonyl (C=O) groups is 3. The summed E-state index contributed by atoms with van der Waals surface area (Å²) in [5.74, 6) is -1.40. The maximum atomic E-state index is 12.6. The Kier molecular flexibility index (Phi) is 5.90. The van der Waals surface area contributed by atoms with E-state index >= 15 is 0 Å². The van der Waals surface area contributed by atoms with Crippen LogP contribution in [0.2, 0.25) is 0 Å². The fraction of sp³-hybridized carbons (Fsp3) is 0.250. The minimum atomic E-state index is -0.626. The summed E-state index contributed by atoms with van der Waals surface area (Å²) in [6.07, 6.45) is 1.21. The summed E-state index contributed by atoms with van der Waals surface area (Å²) in [5, 5.41) is 13.5. The van der Waals surface area contributed by atoms with E-state index in [1.54, 1.807) is 41.3 Å². The zero-order chi connectivity index (χ0) is 20.1. The number of nitrogens with one attached hydrogen (secondary N) is 1. The topological polar surface area (TPSA) is 110 Å². The minimum absolute atomic E-state index is 0.0129. The lowest BCUT2D eigenvalue weighted by atomic mass is 10.1. The predicted octanol–water partition coefficient (Wildman–Crippen LogP) is 2.20. The van der Waals surface area contributed by atoms with Crippen molar-refractivity contribution in [1.29, 1.82) is 0 Å². The SMILES string of the molecule is O=C(NC(=O)[C@@H]1CCCN1CC(=O)c1ccccc1[N+](=O)[O-])c1ccccc1. The van der Waals surface area contributed by atoms with Crippen LogP contribution in [0.4, 0.5) is 5.69 Å². The fourth-order valence-corrected chi connectivity index (χ4v) is 3.31. The average molecular weight is 381 g/mol. The van der Waals surface area contributed by atoms with Crippen LogP contribution in [0, 0.1) is 10.1 Å². The smallest absolute Gasteiger partial charge is 0.280 e. The lowest BCUT2D eigenvalue weighted by Crippen LogP contribution is -2.46. The second-order valence-corrected chi connectivity index (χ2v) is 6.51. The van der Waals surface area contributed by atoms with Crippen LogP contribution in [0.5, 0.6) is 0 Å². The molecule has 3 rings (SSSR count). The Morgan fingerprint density at radius 1 is 1.07 bits per heavy atom. The van der Waals surface area contributed by atoms with Gasteiger partial charge in [-0.15, -0.1) is 0 Å². The summed E-state index contributed by atoms with van der Waals surface area (Å²) < 4.78 is 0. The molecule has 2 aromatic carbocycles. The minimum Gasteiger partial charge on any atom is -0.292 e. The number of nitrogens with zero attached hydrogens (tertiary/aromatic N) is 2. The molecule has 2 aromatic rings. The van der Waals surface area contributed by atoms with Gasteiger partial charge < -0.3 is 0 Å². The zero-order valence-corrected chi connectivity index (χ0v) is 15.0. The molecule has 1 saturated heterocycles. The summed E-state index contributed by atoms with van der Waals surface area (Å²) in [5.41, 5.74) is 0.127. The van der Waals surface area contributed by atoms with Gasteiger partial charge in [0.05, 0.1) is 23.1 Å². The van der Waals surface area contributed by atoms with Crippen molar-refractivity contribution in [1.82, 2.24) is 10.2 Å². The monoisotopic (exact) mass is 381 g/mol. The molecule has 1 heterocycles. The van der Waals surface area contributed by atoms with Gasteiger partial charge in [0.1, 0.15) is 0 Å². The van der Waals surface area contributed by atoms with Crippen LogP contribution in [0.15, 0.2) is 54.6 Å². The Morgan fingerprint density at radius 3 is 2.46 bits per heavy atom. The average Bonchev–Trinajstić information content (AvgIpc) is 3.16. The Labute approximate surface area is 161 Å². The third kappa shape index (κ3) is 4.29. The third-order valence-electron chi connectivity index (χ3n) is 4.69. The molecule has 0 aromatic heterocycles. The van der Waals surface area contributed by atoms with Crippen molar-refractivity contribution in [3.63, 3.8) is 0 Å². The molecule has 28 heavy (non-hydrogen) atoms. The Balaban J connectivity index is 1.68. The number of rotatable bonds is 6. The zero-order valence-electron chi connectivity index (χ0n) is 15.0. The molecule has 1 N–H and O–H groups in total. The number of nitro benzene ring substituents is 1. The van der Waals surface area contributed by atoms with E-state index in [2.05, 4.69) is 5.32 Å². The van der Waals surface area contributed by atoms with Crippen LogP contribution >= 0.6 is 0 Å². The number of likely N-dealkylation sites (tertiary alicyclic amines) is 1. The van der Waals surface area contributed by atoms with E-state index < -0.39 is 28.6 Å². The van der Waals surface area contributed by atoms with Crippen LogP contribution in [-0.2, 0) is 4.79 Å². The maximum absolute atomic E-state index is 12.6. The lowest BCUT2D eigenvalue weighted by Gasteiger charge is -2.22. The number of hydrogen-bond donors (Lipinski definition) is 1. The van der Waals surface area contributed by atoms with Crippen molar-refractivity contribution in [2.24, 2.45) is 0 Å². The second-order valence-electron chi connectivity index (χ2n) is 6.51. The van der Waals surface area contributed by atoms with Crippen LogP contribution < -0.4 is 5.32 Å². The van der Waals surface area contributed by atoms with Crippen molar-refractivity contribution < 1.29 is 19.3 Å². The number of para-hydroxylation sites is 1. The van der Waals surface area contributed by atoms with Crippen LogP contribution in [0.1, 0.15) is 33.6 Å². The highest BCUT2D eigenvalue weighted by atomic mass is 16.6. The molecule has 0 radical (unpaired) electrons. The van der Waals surface area contributed by atoms with Crippen LogP contribution in [0.3, 0.4) is 0 Å². The predicted molar refractivity (Wildman–Crippen MR) is 101 cm³/mol. The highest BCUT2D eigenvalue weighted by Gasteiger charge is 2.34. The van der Waals surface area contributed by atoms with E-state index in [1.807, 2.05) is 0 Å². The summed E-state index contributed by atoms with van der Waals surface area (Å²) in [4.78, 5) is 49.5. The first-order valence-electron chi connectivity index (χ1n) is 8.88. The van der Waals surface area contributed by atoms with E-state index in [9.17, 15) is 24.5 Å². The van der Waals surface area contributed by atoms with Crippen molar-refractivity contribution in [2.45, 2.75) is 18.9 Å². The number of hydrogen-bond acceptors (Lipinski definition) is 6. The van der Waals surface area contributed by atoms with Gasteiger partial charge in [0.15, 0.2) is 5.78 Å². The number of carbonyl (C=O) groups excluding carboxylic acids is 3. The van der Waals surface area contributed by atoms with Gasteiger partial charge in [-0.25, -0.2) is 0 Å². The van der Waals surface area contributed by atoms with Crippen LogP contribution in [-0.4, -0.2) is 46.6 Å². The standard InChI is InChI=1S/C20H19N3O5/c24-18(15-9-4-5-10-16(15)23(27)28)13-22-12-6-11-17(22)20(26)21-19(25)14-7-2-1-3-8-14/h1-5,7-10,17H,6,11-13H2,(H,21,25,26)/t17-/m0/s1. The van der Waals surface area contributed by atoms with E-state index in [-0.39, 0.29) is 17.8 Å². The van der Waals surface area contributed by atoms with Crippen LogP contribution in [0.25, 0.3) is 0 Å². The van der Waals surface area contributed by atoms with Gasteiger partial charge in [-0.2, -0.15) is 0 Å². The first kappa shape index (κ1) is 19.4. The molecule has 1 aliphatic rings. The quantitative estimate of drug-likeness (QED) is 0.356. The molecule has 0 saturated carbocycles. The van der Waals surface area contributed by atoms with Crippen molar-refractivity contribution >= 4 is 23.3 Å². The number of Topliss-reactive ketones (excluding diaryl/α,β-unsaturated/α-hetero) is 1. The molecule has 1 fully saturated rings. The Hall–Kier alpha value is -3.39. The molecular weight excluding hydrogens is 362 g/mol. The maximum Gasteiger partial charge on any atom is 0.280 e. The number of benzene rings is 2. The molecule has 1 aliphatic heterocycles. The van der Waals surface area contributed by atoms with Gasteiger partial charge in [-0.1, -0.05) is 30.3 Å². The van der Waals surface area contributed by atoms with E-state index in [0.717, 1.165) is 0 Å². The van der Waals surface area contributed by atoms with Gasteiger partial charge in [-0.05, 0) is 37.6 Å². The van der Waals surface area contributed by atoms with E-state index in [0.29, 0.717) is 24.9 Å². The van der Waals surface area contributed by atoms with Gasteiger partial charge in [0.2, 0.25) is 5.91 Å². The molecule has 8 nitrogen and oxygen atoms in total.